The fourth-order valence-electron chi connectivity index (χ4n) is 2.74. The normalized spacial score (nSPS) is 9.78. The molecule has 0 atom stereocenters. The van der Waals surface area contributed by atoms with Crippen LogP contribution in [-0.2, 0) is 0 Å². The maximum absolute atomic E-state index is 12.2. The molecule has 0 fully saturated rings. The van der Waals surface area contributed by atoms with Gasteiger partial charge in [0.15, 0.2) is 0 Å². The first-order valence-electron chi connectivity index (χ1n) is 7.39. The standard InChI is InChI=1S/C20H14N2O.3ClH.Sn/c23-19-11-10-14-5-1-2-8-16(14)17(19)13-22-18-9-3-6-15-7-4-12-21-20(15)18;;;;/h1-13,23H;3*1H;/q;;;;+4/p-4. The van der Waals surface area contributed by atoms with Crippen LogP contribution < -0.4 is 42.3 Å². The summed E-state index contributed by atoms with van der Waals surface area (Å²) in [5, 5.41) is 15.2. The first-order valence-corrected chi connectivity index (χ1v) is 7.39. The van der Waals surface area contributed by atoms with E-state index < -0.39 is 0 Å². The number of benzene rings is 3. The molecule has 4 rings (SSSR count). The SMILES string of the molecule is [Cl-].[Cl-].[Cl-].[O-]c1ccc2ccccc2c1C=Nc1cccc2cccnc12.[Sn+4]. The second-order valence-corrected chi connectivity index (χ2v) is 5.31. The molecule has 3 nitrogen and oxygen atoms in total. The van der Waals surface area contributed by atoms with Crippen molar-refractivity contribution in [2.75, 3.05) is 0 Å². The number of aromatic nitrogens is 1. The molecule has 1 heterocycles. The summed E-state index contributed by atoms with van der Waals surface area (Å²) in [5.74, 6) is -0.0272. The summed E-state index contributed by atoms with van der Waals surface area (Å²) in [6, 6.07) is 21.0. The van der Waals surface area contributed by atoms with E-state index in [1.807, 2.05) is 60.7 Å². The zero-order chi connectivity index (χ0) is 15.6. The van der Waals surface area contributed by atoms with Crippen LogP contribution >= 0.6 is 0 Å². The summed E-state index contributed by atoms with van der Waals surface area (Å²) in [6.07, 6.45) is 3.40. The van der Waals surface area contributed by atoms with E-state index >= 15 is 0 Å². The van der Waals surface area contributed by atoms with Crippen molar-refractivity contribution in [1.82, 2.24) is 4.98 Å². The molecule has 0 saturated carbocycles. The zero-order valence-corrected chi connectivity index (χ0v) is 19.1. The molecule has 0 bridgehead atoms. The van der Waals surface area contributed by atoms with Crippen molar-refractivity contribution in [2.45, 2.75) is 0 Å². The van der Waals surface area contributed by atoms with Gasteiger partial charge in [0.2, 0.25) is 0 Å². The van der Waals surface area contributed by atoms with Crippen molar-refractivity contribution in [3.63, 3.8) is 0 Å². The Morgan fingerprint density at radius 2 is 1.48 bits per heavy atom. The molecular formula is C20H13Cl3N2OSn. The smallest absolute Gasteiger partial charge is 1.00 e. The van der Waals surface area contributed by atoms with Gasteiger partial charge in [0.1, 0.15) is 0 Å². The van der Waals surface area contributed by atoms with Crippen LogP contribution in [0.3, 0.4) is 0 Å². The molecule has 0 N–H and O–H groups in total. The third kappa shape index (κ3) is 5.26. The number of rotatable bonds is 2. The molecular weight excluding hydrogens is 509 g/mol. The number of fused-ring (bicyclic) bond motifs is 2. The summed E-state index contributed by atoms with van der Waals surface area (Å²) in [5.41, 5.74) is 2.20. The Morgan fingerprint density at radius 1 is 0.778 bits per heavy atom. The van der Waals surface area contributed by atoms with Gasteiger partial charge in [0.05, 0.1) is 11.2 Å². The third-order valence-corrected chi connectivity index (χ3v) is 3.87. The van der Waals surface area contributed by atoms with Gasteiger partial charge in [-0.3, -0.25) is 9.98 Å². The van der Waals surface area contributed by atoms with E-state index in [4.69, 9.17) is 0 Å². The molecule has 0 aliphatic carbocycles. The molecule has 0 unspecified atom stereocenters. The van der Waals surface area contributed by atoms with Crippen LogP contribution in [0.25, 0.3) is 21.7 Å². The maximum Gasteiger partial charge on any atom is 4.00 e. The van der Waals surface area contributed by atoms with E-state index in [2.05, 4.69) is 9.98 Å². The van der Waals surface area contributed by atoms with Gasteiger partial charge in [0, 0.05) is 17.8 Å². The first-order chi connectivity index (χ1) is 11.3. The van der Waals surface area contributed by atoms with Crippen LogP contribution in [0.5, 0.6) is 5.75 Å². The molecule has 0 spiro atoms. The number of hydrogen-bond donors (Lipinski definition) is 0. The van der Waals surface area contributed by atoms with Crippen LogP contribution in [0.4, 0.5) is 5.69 Å². The summed E-state index contributed by atoms with van der Waals surface area (Å²) in [6.45, 7) is 0. The molecule has 134 valence electrons. The second kappa shape index (κ2) is 11.3. The van der Waals surface area contributed by atoms with Gasteiger partial charge >= 0.3 is 23.9 Å². The van der Waals surface area contributed by atoms with E-state index in [1.165, 1.54) is 0 Å². The molecule has 0 aliphatic rings. The summed E-state index contributed by atoms with van der Waals surface area (Å²) < 4.78 is 0. The third-order valence-electron chi connectivity index (χ3n) is 3.87. The van der Waals surface area contributed by atoms with Crippen molar-refractivity contribution in [3.8, 4) is 5.75 Å². The predicted octanol–water partition coefficient (Wildman–Crippen LogP) is -5.16. The number of aliphatic imine (C=N–C) groups is 1. The van der Waals surface area contributed by atoms with Gasteiger partial charge in [-0.2, -0.15) is 0 Å². The van der Waals surface area contributed by atoms with Crippen LogP contribution in [0.15, 0.2) is 77.9 Å². The van der Waals surface area contributed by atoms with E-state index in [0.29, 0.717) is 5.56 Å². The van der Waals surface area contributed by atoms with Gasteiger partial charge in [-0.25, -0.2) is 0 Å². The van der Waals surface area contributed by atoms with Crippen molar-refractivity contribution < 1.29 is 42.3 Å². The maximum atomic E-state index is 12.2. The molecule has 7 heteroatoms. The number of pyridine rings is 1. The van der Waals surface area contributed by atoms with E-state index in [0.717, 1.165) is 27.4 Å². The van der Waals surface area contributed by atoms with Crippen LogP contribution in [-0.4, -0.2) is 35.1 Å². The molecule has 0 amide bonds. The Labute approximate surface area is 193 Å². The second-order valence-electron chi connectivity index (χ2n) is 5.31. The van der Waals surface area contributed by atoms with E-state index in [-0.39, 0.29) is 66.9 Å². The Morgan fingerprint density at radius 3 is 2.30 bits per heavy atom. The van der Waals surface area contributed by atoms with Crippen LogP contribution in [0.2, 0.25) is 0 Å². The van der Waals surface area contributed by atoms with Crippen LogP contribution in [0, 0.1) is 0 Å². The minimum Gasteiger partial charge on any atom is -1.00 e. The van der Waals surface area contributed by atoms with Crippen molar-refractivity contribution >= 4 is 57.5 Å². The quantitative estimate of drug-likeness (QED) is 0.196. The average molecular weight is 522 g/mol. The molecule has 0 aliphatic heterocycles. The molecule has 27 heavy (non-hydrogen) atoms. The Kier molecular flexibility index (Phi) is 10.7. The largest absolute Gasteiger partial charge is 4.00 e. The van der Waals surface area contributed by atoms with Crippen LogP contribution in [0.1, 0.15) is 5.56 Å². The van der Waals surface area contributed by atoms with Gasteiger partial charge in [0.25, 0.3) is 0 Å². The fraction of sp³-hybridized carbons (Fsp3) is 0. The molecule has 0 saturated heterocycles. The fourth-order valence-corrected chi connectivity index (χ4v) is 2.74. The van der Waals surface area contributed by atoms with Gasteiger partial charge < -0.3 is 42.3 Å². The average Bonchev–Trinajstić information content (AvgIpc) is 2.61. The van der Waals surface area contributed by atoms with Gasteiger partial charge in [-0.15, -0.1) is 0 Å². The minimum absolute atomic E-state index is 0. The summed E-state index contributed by atoms with van der Waals surface area (Å²) >= 11 is 0. The zero-order valence-electron chi connectivity index (χ0n) is 13.9. The molecule has 3 aromatic carbocycles. The number of hydrogen-bond acceptors (Lipinski definition) is 3. The number of para-hydroxylation sites is 1. The minimum atomic E-state index is -0.0272. The summed E-state index contributed by atoms with van der Waals surface area (Å²) in [4.78, 5) is 8.91. The van der Waals surface area contributed by atoms with Gasteiger partial charge in [-0.05, 0) is 28.5 Å². The molecule has 1 aromatic heterocycles. The topological polar surface area (TPSA) is 48.3 Å². The predicted molar refractivity (Wildman–Crippen MR) is 98.1 cm³/mol. The Hall–Kier alpha value is -1.53. The summed E-state index contributed by atoms with van der Waals surface area (Å²) in [7, 11) is 0. The van der Waals surface area contributed by atoms with E-state index in [1.54, 1.807) is 18.5 Å². The molecule has 0 radical (unpaired) electrons. The van der Waals surface area contributed by atoms with Crippen molar-refractivity contribution in [2.24, 2.45) is 4.99 Å². The van der Waals surface area contributed by atoms with Gasteiger partial charge in [-0.1, -0.05) is 60.3 Å². The van der Waals surface area contributed by atoms with Crippen molar-refractivity contribution in [1.29, 1.82) is 0 Å². The van der Waals surface area contributed by atoms with E-state index in [9.17, 15) is 5.11 Å². The monoisotopic (exact) mass is 522 g/mol. The number of nitrogens with zero attached hydrogens (tertiary/aromatic N) is 2. The Bertz CT molecular complexity index is 1050. The molecule has 4 aromatic rings. The number of halogens is 3. The van der Waals surface area contributed by atoms with Crippen molar-refractivity contribution in [3.05, 3.63) is 78.5 Å². The first kappa shape index (κ1) is 25.5. The Balaban J connectivity index is 0.00000169.